The van der Waals surface area contributed by atoms with Gasteiger partial charge in [0.1, 0.15) is 0 Å². The number of aromatic amines is 1. The van der Waals surface area contributed by atoms with Gasteiger partial charge in [0, 0.05) is 5.56 Å². The Morgan fingerprint density at radius 1 is 1.15 bits per heavy atom. The van der Waals surface area contributed by atoms with Gasteiger partial charge < -0.3 is 4.98 Å². The number of benzene rings is 1. The molecule has 0 atom stereocenters. The molecule has 0 unspecified atom stereocenters. The van der Waals surface area contributed by atoms with Crippen molar-refractivity contribution in [2.45, 2.75) is 13.8 Å². The van der Waals surface area contributed by atoms with Crippen LogP contribution >= 0.6 is 0 Å². The predicted molar refractivity (Wildman–Crippen MR) is 53.5 cm³/mol. The second-order valence-corrected chi connectivity index (χ2v) is 3.23. The summed E-state index contributed by atoms with van der Waals surface area (Å²) in [6.07, 6.45) is 3.57. The van der Waals surface area contributed by atoms with E-state index in [1.807, 2.05) is 6.20 Å². The first-order chi connectivity index (χ1) is 6.29. The highest BCUT2D eigenvalue weighted by molar-refractivity contribution is 5.66. The largest absolute Gasteiger partial charge is 0.345 e. The lowest BCUT2D eigenvalue weighted by Gasteiger charge is -2.06. The zero-order valence-corrected chi connectivity index (χ0v) is 7.83. The molecular weight excluding hydrogens is 160 g/mol. The monoisotopic (exact) mass is 172 g/mol. The molecule has 0 spiro atoms. The topological polar surface area (TPSA) is 28.7 Å². The normalized spacial score (nSPS) is 10.3. The van der Waals surface area contributed by atoms with Crippen molar-refractivity contribution in [3.05, 3.63) is 41.9 Å². The molecule has 1 heterocycles. The van der Waals surface area contributed by atoms with Crippen LogP contribution in [0.3, 0.4) is 0 Å². The summed E-state index contributed by atoms with van der Waals surface area (Å²) < 4.78 is 0. The van der Waals surface area contributed by atoms with Gasteiger partial charge in [-0.2, -0.15) is 0 Å². The van der Waals surface area contributed by atoms with Crippen LogP contribution in [0.4, 0.5) is 0 Å². The molecule has 0 aliphatic rings. The summed E-state index contributed by atoms with van der Waals surface area (Å²) in [7, 11) is 0. The van der Waals surface area contributed by atoms with E-state index in [0.29, 0.717) is 0 Å². The second kappa shape index (κ2) is 3.05. The molecule has 2 heteroatoms. The SMILES string of the molecule is Cc1cccc(C)c1-c1cnc[nH]1. The molecule has 0 amide bonds. The number of aryl methyl sites for hydroxylation is 2. The summed E-state index contributed by atoms with van der Waals surface area (Å²) >= 11 is 0. The van der Waals surface area contributed by atoms with Crippen LogP contribution in [0.25, 0.3) is 11.3 Å². The van der Waals surface area contributed by atoms with Crippen molar-refractivity contribution in [3.63, 3.8) is 0 Å². The molecule has 13 heavy (non-hydrogen) atoms. The van der Waals surface area contributed by atoms with Crippen LogP contribution in [0.15, 0.2) is 30.7 Å². The maximum Gasteiger partial charge on any atom is 0.0924 e. The third kappa shape index (κ3) is 1.35. The fourth-order valence-corrected chi connectivity index (χ4v) is 1.63. The van der Waals surface area contributed by atoms with Gasteiger partial charge in [-0.05, 0) is 25.0 Å². The first kappa shape index (κ1) is 8.05. The van der Waals surface area contributed by atoms with Gasteiger partial charge in [-0.3, -0.25) is 0 Å². The molecule has 0 bridgehead atoms. The maximum absolute atomic E-state index is 4.03. The van der Waals surface area contributed by atoms with E-state index in [1.54, 1.807) is 6.33 Å². The third-order valence-corrected chi connectivity index (χ3v) is 2.25. The van der Waals surface area contributed by atoms with Crippen molar-refractivity contribution in [1.82, 2.24) is 9.97 Å². The van der Waals surface area contributed by atoms with Gasteiger partial charge in [0.25, 0.3) is 0 Å². The molecule has 0 aliphatic carbocycles. The number of imidazole rings is 1. The van der Waals surface area contributed by atoms with Crippen molar-refractivity contribution >= 4 is 0 Å². The zero-order valence-electron chi connectivity index (χ0n) is 7.83. The Morgan fingerprint density at radius 3 is 2.38 bits per heavy atom. The van der Waals surface area contributed by atoms with E-state index in [0.717, 1.165) is 5.69 Å². The van der Waals surface area contributed by atoms with E-state index in [-0.39, 0.29) is 0 Å². The lowest BCUT2D eigenvalue weighted by molar-refractivity contribution is 1.30. The highest BCUT2D eigenvalue weighted by Gasteiger charge is 2.04. The summed E-state index contributed by atoms with van der Waals surface area (Å²) in [5, 5.41) is 0. The third-order valence-electron chi connectivity index (χ3n) is 2.25. The fraction of sp³-hybridized carbons (Fsp3) is 0.182. The molecule has 1 aromatic carbocycles. The van der Waals surface area contributed by atoms with Crippen LogP contribution in [0.1, 0.15) is 11.1 Å². The number of hydrogen-bond donors (Lipinski definition) is 1. The minimum absolute atomic E-state index is 1.09. The van der Waals surface area contributed by atoms with Crippen molar-refractivity contribution in [1.29, 1.82) is 0 Å². The minimum atomic E-state index is 1.09. The molecule has 1 N–H and O–H groups in total. The highest BCUT2D eigenvalue weighted by Crippen LogP contribution is 2.24. The van der Waals surface area contributed by atoms with Crippen molar-refractivity contribution in [2.75, 3.05) is 0 Å². The van der Waals surface area contributed by atoms with E-state index in [4.69, 9.17) is 0 Å². The molecular formula is C11H12N2. The van der Waals surface area contributed by atoms with Crippen LogP contribution in [-0.2, 0) is 0 Å². The van der Waals surface area contributed by atoms with Crippen molar-refractivity contribution in [2.24, 2.45) is 0 Å². The molecule has 2 nitrogen and oxygen atoms in total. The summed E-state index contributed by atoms with van der Waals surface area (Å²) in [4.78, 5) is 7.15. The van der Waals surface area contributed by atoms with Crippen LogP contribution in [0, 0.1) is 13.8 Å². The first-order valence-electron chi connectivity index (χ1n) is 4.34. The number of nitrogens with one attached hydrogen (secondary N) is 1. The van der Waals surface area contributed by atoms with Gasteiger partial charge in [-0.15, -0.1) is 0 Å². The van der Waals surface area contributed by atoms with Crippen molar-refractivity contribution in [3.8, 4) is 11.3 Å². The van der Waals surface area contributed by atoms with Crippen LogP contribution in [0.2, 0.25) is 0 Å². The van der Waals surface area contributed by atoms with Gasteiger partial charge in [0.15, 0.2) is 0 Å². The smallest absolute Gasteiger partial charge is 0.0924 e. The van der Waals surface area contributed by atoms with Crippen LogP contribution in [0.5, 0.6) is 0 Å². The molecule has 2 rings (SSSR count). The average Bonchev–Trinajstić information content (AvgIpc) is 2.57. The second-order valence-electron chi connectivity index (χ2n) is 3.23. The molecule has 0 radical (unpaired) electrons. The first-order valence-corrected chi connectivity index (χ1v) is 4.34. The fourth-order valence-electron chi connectivity index (χ4n) is 1.63. The van der Waals surface area contributed by atoms with Crippen LogP contribution in [-0.4, -0.2) is 9.97 Å². The van der Waals surface area contributed by atoms with Gasteiger partial charge in [0.05, 0.1) is 18.2 Å². The zero-order chi connectivity index (χ0) is 9.26. The van der Waals surface area contributed by atoms with Gasteiger partial charge in [-0.1, -0.05) is 18.2 Å². The summed E-state index contributed by atoms with van der Waals surface area (Å²) in [6, 6.07) is 6.30. The number of hydrogen-bond acceptors (Lipinski definition) is 1. The number of H-pyrrole nitrogens is 1. The molecule has 66 valence electrons. The Labute approximate surface area is 77.6 Å². The Kier molecular flexibility index (Phi) is 1.89. The standard InChI is InChI=1S/C11H12N2/c1-8-4-3-5-9(2)11(8)10-6-12-7-13-10/h3-7H,1-2H3,(H,12,13). The molecule has 1 aromatic heterocycles. The Bertz CT molecular complexity index is 382. The van der Waals surface area contributed by atoms with Gasteiger partial charge in [-0.25, -0.2) is 4.98 Å². The van der Waals surface area contributed by atoms with E-state index >= 15 is 0 Å². The number of nitrogens with zero attached hydrogens (tertiary/aromatic N) is 1. The average molecular weight is 172 g/mol. The predicted octanol–water partition coefficient (Wildman–Crippen LogP) is 2.69. The van der Waals surface area contributed by atoms with Gasteiger partial charge in [0.2, 0.25) is 0 Å². The van der Waals surface area contributed by atoms with E-state index in [9.17, 15) is 0 Å². The molecule has 0 fully saturated rings. The van der Waals surface area contributed by atoms with Crippen molar-refractivity contribution < 1.29 is 0 Å². The molecule has 0 saturated heterocycles. The quantitative estimate of drug-likeness (QED) is 0.704. The van der Waals surface area contributed by atoms with E-state index in [1.165, 1.54) is 16.7 Å². The van der Waals surface area contributed by atoms with Gasteiger partial charge >= 0.3 is 0 Å². The molecule has 2 aromatic rings. The number of rotatable bonds is 1. The van der Waals surface area contributed by atoms with E-state index in [2.05, 4.69) is 42.0 Å². The lowest BCUT2D eigenvalue weighted by atomic mass is 10.0. The minimum Gasteiger partial charge on any atom is -0.345 e. The lowest BCUT2D eigenvalue weighted by Crippen LogP contribution is -1.86. The summed E-state index contributed by atoms with van der Waals surface area (Å²) in [5.41, 5.74) is 4.92. The summed E-state index contributed by atoms with van der Waals surface area (Å²) in [5.74, 6) is 0. The molecule has 0 saturated carbocycles. The Morgan fingerprint density at radius 2 is 1.85 bits per heavy atom. The Balaban J connectivity index is 2.64. The van der Waals surface area contributed by atoms with E-state index < -0.39 is 0 Å². The Hall–Kier alpha value is -1.57. The number of aromatic nitrogens is 2. The summed E-state index contributed by atoms with van der Waals surface area (Å²) in [6.45, 7) is 4.23. The molecule has 0 aliphatic heterocycles. The highest BCUT2D eigenvalue weighted by atomic mass is 14.9. The van der Waals surface area contributed by atoms with Crippen LogP contribution < -0.4 is 0 Å². The maximum atomic E-state index is 4.03.